The molecule has 2 aromatic rings. The van der Waals surface area contributed by atoms with Crippen molar-refractivity contribution >= 4 is 12.0 Å². The summed E-state index contributed by atoms with van der Waals surface area (Å²) in [4.78, 5) is 12.2. The van der Waals surface area contributed by atoms with Crippen LogP contribution in [0.3, 0.4) is 0 Å². The Morgan fingerprint density at radius 1 is 1.32 bits per heavy atom. The molecule has 112 valence electrons. The van der Waals surface area contributed by atoms with Crippen LogP contribution in [0.2, 0.25) is 0 Å². The van der Waals surface area contributed by atoms with Crippen molar-refractivity contribution in [1.82, 2.24) is 15.5 Å². The lowest BCUT2D eigenvalue weighted by Gasteiger charge is -2.29. The second-order valence-corrected chi connectivity index (χ2v) is 6.51. The highest BCUT2D eigenvalue weighted by Gasteiger charge is 2.32. The van der Waals surface area contributed by atoms with Crippen molar-refractivity contribution in [2.24, 2.45) is 0 Å². The molecule has 1 unspecified atom stereocenters. The van der Waals surface area contributed by atoms with Crippen molar-refractivity contribution in [1.29, 1.82) is 0 Å². The van der Waals surface area contributed by atoms with Gasteiger partial charge in [0.05, 0.1) is 0 Å². The molecule has 1 saturated carbocycles. The quantitative estimate of drug-likeness (QED) is 0.914. The number of allylic oxidation sites excluding steroid dienone is 1. The predicted molar refractivity (Wildman–Crippen MR) is 85.6 cm³/mol. The number of hydrogen-bond acceptors (Lipinski definition) is 2. The smallest absolute Gasteiger partial charge is 0.272 e. The van der Waals surface area contributed by atoms with Gasteiger partial charge in [-0.1, -0.05) is 49.4 Å². The number of amides is 1. The first kappa shape index (κ1) is 13.3. The van der Waals surface area contributed by atoms with Crippen LogP contribution in [0.4, 0.5) is 0 Å². The third-order valence-electron chi connectivity index (χ3n) is 4.61. The van der Waals surface area contributed by atoms with E-state index in [1.165, 1.54) is 5.56 Å². The molecule has 1 aromatic heterocycles. The topological polar surface area (TPSA) is 57.8 Å². The standard InChI is InChI=1S/C18H19N3O/c1-18(12-5-3-2-4-6-12)10-9-14-15(11-18)20-21-16(14)17(22)19-13-7-8-13/h2-6,9-10,13H,7-8,11H2,1H3,(H,19,22)(H,20,21). The zero-order valence-corrected chi connectivity index (χ0v) is 12.6. The van der Waals surface area contributed by atoms with E-state index >= 15 is 0 Å². The molecule has 2 N–H and O–H groups in total. The van der Waals surface area contributed by atoms with E-state index < -0.39 is 0 Å². The number of aromatic amines is 1. The van der Waals surface area contributed by atoms with Gasteiger partial charge < -0.3 is 5.32 Å². The Bertz CT molecular complexity index is 743. The van der Waals surface area contributed by atoms with E-state index in [0.717, 1.165) is 30.5 Å². The number of H-pyrrole nitrogens is 1. The number of carbonyl (C=O) groups excluding carboxylic acids is 1. The maximum Gasteiger partial charge on any atom is 0.272 e. The summed E-state index contributed by atoms with van der Waals surface area (Å²) in [5, 5.41) is 10.3. The summed E-state index contributed by atoms with van der Waals surface area (Å²) in [7, 11) is 0. The number of benzene rings is 1. The largest absolute Gasteiger partial charge is 0.348 e. The first-order valence-electron chi connectivity index (χ1n) is 7.78. The van der Waals surface area contributed by atoms with Crippen molar-refractivity contribution in [2.45, 2.75) is 37.6 Å². The third-order valence-corrected chi connectivity index (χ3v) is 4.61. The Morgan fingerprint density at radius 2 is 2.09 bits per heavy atom. The Morgan fingerprint density at radius 3 is 2.82 bits per heavy atom. The number of carbonyl (C=O) groups is 1. The summed E-state index contributed by atoms with van der Waals surface area (Å²) in [6.45, 7) is 2.21. The molecule has 0 saturated heterocycles. The molecule has 0 radical (unpaired) electrons. The second-order valence-electron chi connectivity index (χ2n) is 6.51. The van der Waals surface area contributed by atoms with Crippen LogP contribution < -0.4 is 5.32 Å². The van der Waals surface area contributed by atoms with Gasteiger partial charge in [-0.05, 0) is 18.4 Å². The van der Waals surface area contributed by atoms with Gasteiger partial charge in [0.1, 0.15) is 0 Å². The minimum atomic E-state index is -0.0645. The molecule has 2 aliphatic carbocycles. The Kier molecular flexibility index (Phi) is 2.93. The van der Waals surface area contributed by atoms with Crippen LogP contribution in [0.25, 0.3) is 6.08 Å². The van der Waals surface area contributed by atoms with Gasteiger partial charge in [0, 0.05) is 29.1 Å². The third kappa shape index (κ3) is 2.25. The zero-order chi connectivity index (χ0) is 15.2. The summed E-state index contributed by atoms with van der Waals surface area (Å²) < 4.78 is 0. The van der Waals surface area contributed by atoms with Gasteiger partial charge in [0.25, 0.3) is 5.91 Å². The van der Waals surface area contributed by atoms with Crippen LogP contribution in [0.15, 0.2) is 36.4 Å². The number of fused-ring (bicyclic) bond motifs is 1. The summed E-state index contributed by atoms with van der Waals surface area (Å²) >= 11 is 0. The Hall–Kier alpha value is -2.36. The number of nitrogens with zero attached hydrogens (tertiary/aromatic N) is 1. The minimum absolute atomic E-state index is 0.0621. The number of aromatic nitrogens is 2. The van der Waals surface area contributed by atoms with E-state index in [9.17, 15) is 4.79 Å². The van der Waals surface area contributed by atoms with Crippen molar-refractivity contribution < 1.29 is 4.79 Å². The molecule has 22 heavy (non-hydrogen) atoms. The summed E-state index contributed by atoms with van der Waals surface area (Å²) in [6, 6.07) is 10.8. The van der Waals surface area contributed by atoms with Crippen LogP contribution in [-0.4, -0.2) is 22.1 Å². The van der Waals surface area contributed by atoms with Crippen LogP contribution >= 0.6 is 0 Å². The van der Waals surface area contributed by atoms with Crippen LogP contribution in [-0.2, 0) is 11.8 Å². The molecule has 1 aromatic carbocycles. The fraction of sp³-hybridized carbons (Fsp3) is 0.333. The SMILES string of the molecule is CC1(c2ccccc2)C=Cc2c(C(=O)NC3CC3)n[nH]c2C1. The minimum Gasteiger partial charge on any atom is -0.348 e. The first-order chi connectivity index (χ1) is 10.7. The highest BCUT2D eigenvalue weighted by Crippen LogP contribution is 2.35. The van der Waals surface area contributed by atoms with Gasteiger partial charge in [0.15, 0.2) is 5.69 Å². The van der Waals surface area contributed by atoms with Crippen LogP contribution in [0, 0.1) is 0 Å². The molecule has 0 aliphatic heterocycles. The van der Waals surface area contributed by atoms with E-state index in [1.54, 1.807) is 0 Å². The van der Waals surface area contributed by atoms with Gasteiger partial charge >= 0.3 is 0 Å². The fourth-order valence-corrected chi connectivity index (χ4v) is 3.07. The van der Waals surface area contributed by atoms with E-state index in [2.05, 4.69) is 52.8 Å². The second kappa shape index (κ2) is 4.83. The van der Waals surface area contributed by atoms with Gasteiger partial charge in [0.2, 0.25) is 0 Å². The van der Waals surface area contributed by atoms with Gasteiger partial charge in [-0.15, -0.1) is 0 Å². The molecule has 1 amide bonds. The monoisotopic (exact) mass is 293 g/mol. The molecule has 2 aliphatic rings. The normalized spacial score (nSPS) is 23.1. The zero-order valence-electron chi connectivity index (χ0n) is 12.6. The molecule has 4 heteroatoms. The van der Waals surface area contributed by atoms with Crippen molar-refractivity contribution in [3.05, 3.63) is 58.9 Å². The van der Waals surface area contributed by atoms with Crippen LogP contribution in [0.5, 0.6) is 0 Å². The van der Waals surface area contributed by atoms with Gasteiger partial charge in [-0.25, -0.2) is 0 Å². The van der Waals surface area contributed by atoms with Gasteiger partial charge in [-0.2, -0.15) is 5.10 Å². The molecule has 1 heterocycles. The van der Waals surface area contributed by atoms with Crippen molar-refractivity contribution in [3.8, 4) is 0 Å². The lowest BCUT2D eigenvalue weighted by molar-refractivity contribution is 0.0946. The summed E-state index contributed by atoms with van der Waals surface area (Å²) in [6.07, 6.45) is 7.22. The van der Waals surface area contributed by atoms with E-state index in [0.29, 0.717) is 11.7 Å². The number of hydrogen-bond donors (Lipinski definition) is 2. The summed E-state index contributed by atoms with van der Waals surface area (Å²) in [5.74, 6) is -0.0621. The molecule has 4 nitrogen and oxygen atoms in total. The molecule has 1 fully saturated rings. The average Bonchev–Trinajstić information content (AvgIpc) is 3.25. The molecule has 4 rings (SSSR count). The van der Waals surface area contributed by atoms with Crippen molar-refractivity contribution in [2.75, 3.05) is 0 Å². The molecule has 0 spiro atoms. The molecule has 1 atom stereocenters. The maximum atomic E-state index is 12.2. The highest BCUT2D eigenvalue weighted by atomic mass is 16.2. The van der Waals surface area contributed by atoms with Gasteiger partial charge in [-0.3, -0.25) is 9.89 Å². The lowest BCUT2D eigenvalue weighted by atomic mass is 9.75. The van der Waals surface area contributed by atoms with E-state index in [4.69, 9.17) is 0 Å². The number of rotatable bonds is 3. The maximum absolute atomic E-state index is 12.2. The molecular weight excluding hydrogens is 274 g/mol. The van der Waals surface area contributed by atoms with Crippen molar-refractivity contribution in [3.63, 3.8) is 0 Å². The summed E-state index contributed by atoms with van der Waals surface area (Å²) in [5.41, 5.74) is 3.70. The molecular formula is C18H19N3O. The van der Waals surface area contributed by atoms with Crippen LogP contribution in [0.1, 0.15) is 47.1 Å². The number of nitrogens with one attached hydrogen (secondary N) is 2. The fourth-order valence-electron chi connectivity index (χ4n) is 3.07. The van der Waals surface area contributed by atoms with E-state index in [-0.39, 0.29) is 11.3 Å². The average molecular weight is 293 g/mol. The predicted octanol–water partition coefficient (Wildman–Crippen LogP) is 2.83. The Labute approximate surface area is 129 Å². The first-order valence-corrected chi connectivity index (χ1v) is 7.78. The highest BCUT2D eigenvalue weighted by molar-refractivity contribution is 5.96. The van der Waals surface area contributed by atoms with E-state index in [1.807, 2.05) is 12.1 Å². The molecule has 0 bridgehead atoms. The Balaban J connectivity index is 1.63. The lowest BCUT2D eigenvalue weighted by Crippen LogP contribution is -2.28.